The van der Waals surface area contributed by atoms with Crippen LogP contribution in [0.15, 0.2) is 36.4 Å². The molecule has 0 saturated carbocycles. The van der Waals surface area contributed by atoms with Crippen molar-refractivity contribution in [3.63, 3.8) is 0 Å². The highest BCUT2D eigenvalue weighted by Crippen LogP contribution is 2.36. The Morgan fingerprint density at radius 1 is 1.25 bits per heavy atom. The van der Waals surface area contributed by atoms with E-state index in [9.17, 15) is 13.6 Å². The van der Waals surface area contributed by atoms with Crippen LogP contribution in [0.2, 0.25) is 0 Å². The number of amides is 1. The van der Waals surface area contributed by atoms with E-state index in [4.69, 9.17) is 4.74 Å². The zero-order valence-corrected chi connectivity index (χ0v) is 15.7. The van der Waals surface area contributed by atoms with Crippen molar-refractivity contribution in [3.8, 4) is 5.75 Å². The van der Waals surface area contributed by atoms with E-state index < -0.39 is 5.92 Å². The van der Waals surface area contributed by atoms with Crippen molar-refractivity contribution in [2.75, 3.05) is 29.9 Å². The first-order valence-corrected chi connectivity index (χ1v) is 9.89. The normalized spacial score (nSPS) is 17.6. The molecule has 2 aliphatic rings. The van der Waals surface area contributed by atoms with Gasteiger partial charge in [-0.05, 0) is 42.0 Å². The number of nitrogens with one attached hydrogen (secondary N) is 1. The fourth-order valence-electron chi connectivity index (χ4n) is 3.56. The zero-order chi connectivity index (χ0) is 19.3. The lowest BCUT2D eigenvalue weighted by Crippen LogP contribution is -2.24. The number of anilines is 2. The van der Waals surface area contributed by atoms with Gasteiger partial charge in [0.15, 0.2) is 5.13 Å². The maximum absolute atomic E-state index is 13.5. The molecular formula is C20H17F2N3O2S. The van der Waals surface area contributed by atoms with Gasteiger partial charge in [0.1, 0.15) is 5.75 Å². The third-order valence-corrected chi connectivity index (χ3v) is 6.12. The first-order valence-electron chi connectivity index (χ1n) is 9.07. The number of halogens is 2. The second-order valence-electron chi connectivity index (χ2n) is 7.08. The molecule has 1 fully saturated rings. The number of rotatable bonds is 3. The van der Waals surface area contributed by atoms with Crippen LogP contribution in [0.5, 0.6) is 5.75 Å². The molecular weight excluding hydrogens is 384 g/mol. The zero-order valence-electron chi connectivity index (χ0n) is 14.9. The molecule has 8 heteroatoms. The Morgan fingerprint density at radius 2 is 2.14 bits per heavy atom. The van der Waals surface area contributed by atoms with Crippen LogP contribution in [0.1, 0.15) is 22.3 Å². The molecule has 2 aliphatic heterocycles. The van der Waals surface area contributed by atoms with E-state index in [0.717, 1.165) is 22.4 Å². The van der Waals surface area contributed by atoms with Crippen molar-refractivity contribution >= 4 is 38.3 Å². The molecule has 5 rings (SSSR count). The lowest BCUT2D eigenvalue weighted by Gasteiger charge is -2.13. The summed E-state index contributed by atoms with van der Waals surface area (Å²) in [5, 5.41) is 3.48. The van der Waals surface area contributed by atoms with Crippen LogP contribution in [0.4, 0.5) is 19.6 Å². The summed E-state index contributed by atoms with van der Waals surface area (Å²) in [5.74, 6) is -2.03. The van der Waals surface area contributed by atoms with Crippen LogP contribution < -0.4 is 15.0 Å². The standard InChI is InChI=1S/C20H17F2N3O2S/c21-20(22)6-7-25(11-20)19-24-15-10-14(2-4-17(15)28-19)23-18(26)13-1-3-16-12(9-13)5-8-27-16/h1-4,9-10H,5-8,11H2,(H,23,26). The predicted octanol–water partition coefficient (Wildman–Crippen LogP) is 4.33. The van der Waals surface area contributed by atoms with Crippen molar-refractivity contribution in [1.29, 1.82) is 0 Å². The van der Waals surface area contributed by atoms with Gasteiger partial charge in [-0.25, -0.2) is 13.8 Å². The molecule has 0 aliphatic carbocycles. The smallest absolute Gasteiger partial charge is 0.267 e. The van der Waals surface area contributed by atoms with E-state index in [1.54, 1.807) is 23.1 Å². The van der Waals surface area contributed by atoms with Gasteiger partial charge < -0.3 is 15.0 Å². The summed E-state index contributed by atoms with van der Waals surface area (Å²) < 4.78 is 33.3. The lowest BCUT2D eigenvalue weighted by atomic mass is 10.1. The van der Waals surface area contributed by atoms with E-state index in [0.29, 0.717) is 35.1 Å². The van der Waals surface area contributed by atoms with Gasteiger partial charge in [0.2, 0.25) is 0 Å². The van der Waals surface area contributed by atoms with Crippen molar-refractivity contribution in [1.82, 2.24) is 4.98 Å². The molecule has 0 spiro atoms. The molecule has 1 aromatic heterocycles. The summed E-state index contributed by atoms with van der Waals surface area (Å²) >= 11 is 1.39. The van der Waals surface area contributed by atoms with Crippen LogP contribution >= 0.6 is 11.3 Å². The highest BCUT2D eigenvalue weighted by Gasteiger charge is 2.39. The van der Waals surface area contributed by atoms with Gasteiger partial charge in [0.25, 0.3) is 11.8 Å². The molecule has 3 heterocycles. The summed E-state index contributed by atoms with van der Waals surface area (Å²) in [6.45, 7) is 0.656. The minimum absolute atomic E-state index is 0.143. The number of thiazole rings is 1. The third kappa shape index (κ3) is 3.17. The molecule has 3 aromatic rings. The van der Waals surface area contributed by atoms with E-state index in [1.807, 2.05) is 18.2 Å². The minimum atomic E-state index is -2.65. The number of alkyl halides is 2. The molecule has 144 valence electrons. The minimum Gasteiger partial charge on any atom is -0.493 e. The molecule has 1 N–H and O–H groups in total. The number of benzene rings is 2. The van der Waals surface area contributed by atoms with E-state index >= 15 is 0 Å². The summed E-state index contributed by atoms with van der Waals surface area (Å²) in [4.78, 5) is 18.7. The summed E-state index contributed by atoms with van der Waals surface area (Å²) in [5.41, 5.74) is 2.92. The summed E-state index contributed by atoms with van der Waals surface area (Å²) in [6, 6.07) is 10.8. The topological polar surface area (TPSA) is 54.5 Å². The Labute approximate surface area is 163 Å². The number of aromatic nitrogens is 1. The second-order valence-corrected chi connectivity index (χ2v) is 8.09. The predicted molar refractivity (Wildman–Crippen MR) is 105 cm³/mol. The lowest BCUT2D eigenvalue weighted by molar-refractivity contribution is 0.0257. The molecule has 0 bridgehead atoms. The number of fused-ring (bicyclic) bond motifs is 2. The quantitative estimate of drug-likeness (QED) is 0.710. The van der Waals surface area contributed by atoms with Crippen LogP contribution in [0.25, 0.3) is 10.2 Å². The van der Waals surface area contributed by atoms with Crippen molar-refractivity contribution in [2.24, 2.45) is 0 Å². The molecule has 1 amide bonds. The Hall–Kier alpha value is -2.74. The molecule has 2 aromatic carbocycles. The number of ether oxygens (including phenoxy) is 1. The molecule has 28 heavy (non-hydrogen) atoms. The van der Waals surface area contributed by atoms with Crippen LogP contribution in [0, 0.1) is 0 Å². The average Bonchev–Trinajstić information content (AvgIpc) is 3.37. The van der Waals surface area contributed by atoms with E-state index in [1.165, 1.54) is 11.3 Å². The molecule has 0 atom stereocenters. The van der Waals surface area contributed by atoms with Gasteiger partial charge in [0, 0.05) is 30.6 Å². The molecule has 5 nitrogen and oxygen atoms in total. The summed E-state index contributed by atoms with van der Waals surface area (Å²) in [7, 11) is 0. The van der Waals surface area contributed by atoms with Crippen molar-refractivity contribution in [3.05, 3.63) is 47.5 Å². The SMILES string of the molecule is O=C(Nc1ccc2sc(N3CCC(F)(F)C3)nc2c1)c1ccc2c(c1)CCO2. The highest BCUT2D eigenvalue weighted by molar-refractivity contribution is 7.22. The van der Waals surface area contributed by atoms with Gasteiger partial charge in [-0.1, -0.05) is 11.3 Å². The largest absolute Gasteiger partial charge is 0.493 e. The van der Waals surface area contributed by atoms with Gasteiger partial charge in [0.05, 0.1) is 23.4 Å². The highest BCUT2D eigenvalue weighted by atomic mass is 32.1. The van der Waals surface area contributed by atoms with E-state index in [-0.39, 0.29) is 18.9 Å². The van der Waals surface area contributed by atoms with E-state index in [2.05, 4.69) is 10.3 Å². The van der Waals surface area contributed by atoms with Gasteiger partial charge >= 0.3 is 0 Å². The maximum atomic E-state index is 13.5. The van der Waals surface area contributed by atoms with Crippen LogP contribution in [-0.4, -0.2) is 36.5 Å². The number of hydrogen-bond acceptors (Lipinski definition) is 5. The third-order valence-electron chi connectivity index (χ3n) is 5.03. The monoisotopic (exact) mass is 401 g/mol. The Kier molecular flexibility index (Phi) is 3.97. The second kappa shape index (κ2) is 6.41. The fourth-order valence-corrected chi connectivity index (χ4v) is 4.53. The first-order chi connectivity index (χ1) is 13.5. The fraction of sp³-hybridized carbons (Fsp3) is 0.300. The Morgan fingerprint density at radius 3 is 2.96 bits per heavy atom. The van der Waals surface area contributed by atoms with Crippen LogP contribution in [-0.2, 0) is 6.42 Å². The summed E-state index contributed by atoms with van der Waals surface area (Å²) in [6.07, 6.45) is 0.662. The Balaban J connectivity index is 1.35. The maximum Gasteiger partial charge on any atom is 0.267 e. The Bertz CT molecular complexity index is 1080. The number of carbonyl (C=O) groups excluding carboxylic acids is 1. The molecule has 1 saturated heterocycles. The van der Waals surface area contributed by atoms with Crippen molar-refractivity contribution < 1.29 is 18.3 Å². The van der Waals surface area contributed by atoms with Gasteiger partial charge in [-0.3, -0.25) is 4.79 Å². The number of nitrogens with zero attached hydrogens (tertiary/aromatic N) is 2. The first kappa shape index (κ1) is 17.4. The van der Waals surface area contributed by atoms with Crippen LogP contribution in [0.3, 0.4) is 0 Å². The number of hydrogen-bond donors (Lipinski definition) is 1. The van der Waals surface area contributed by atoms with Gasteiger partial charge in [-0.15, -0.1) is 0 Å². The average molecular weight is 401 g/mol. The van der Waals surface area contributed by atoms with Crippen molar-refractivity contribution in [2.45, 2.75) is 18.8 Å². The molecule has 0 radical (unpaired) electrons. The van der Waals surface area contributed by atoms with Gasteiger partial charge in [-0.2, -0.15) is 0 Å². The number of carbonyl (C=O) groups is 1. The molecule has 0 unspecified atom stereocenters.